The Labute approximate surface area is 260 Å². The smallest absolute Gasteiger partial charge is 0.243 e. The molecular weight excluding hydrogens is 581 g/mol. The van der Waals surface area contributed by atoms with Crippen molar-refractivity contribution in [2.75, 3.05) is 13.2 Å². The van der Waals surface area contributed by atoms with Crippen LogP contribution in [0.3, 0.4) is 0 Å². The zero-order chi connectivity index (χ0) is 31.5. The molecular formula is C34H42FN3O5S. The summed E-state index contributed by atoms with van der Waals surface area (Å²) in [4.78, 5) is 29.3. The maximum Gasteiger partial charge on any atom is 0.243 e. The molecule has 0 unspecified atom stereocenters. The average Bonchev–Trinajstić information content (AvgIpc) is 3.82. The molecule has 2 N–H and O–H groups in total. The molecule has 3 aromatic carbocycles. The third-order valence-electron chi connectivity index (χ3n) is 7.37. The number of carbonyl (C=O) groups is 2. The van der Waals surface area contributed by atoms with Gasteiger partial charge in [-0.3, -0.25) is 9.59 Å². The molecule has 0 aliphatic heterocycles. The predicted octanol–water partition coefficient (Wildman–Crippen LogP) is 4.77. The van der Waals surface area contributed by atoms with Crippen LogP contribution < -0.4 is 10.0 Å². The van der Waals surface area contributed by atoms with E-state index in [-0.39, 0.29) is 47.6 Å². The van der Waals surface area contributed by atoms with Gasteiger partial charge in [-0.05, 0) is 80.5 Å². The van der Waals surface area contributed by atoms with Crippen LogP contribution in [0.5, 0.6) is 0 Å². The van der Waals surface area contributed by atoms with Crippen molar-refractivity contribution < 1.29 is 27.1 Å². The first-order chi connectivity index (χ1) is 21.1. The van der Waals surface area contributed by atoms with Crippen molar-refractivity contribution in [2.24, 2.45) is 0 Å². The first-order valence-electron chi connectivity index (χ1n) is 15.2. The molecule has 0 aromatic heterocycles. The molecule has 0 saturated heterocycles. The number of halogens is 1. The molecule has 4 rings (SSSR count). The number of nitrogens with zero attached hydrogens (tertiary/aromatic N) is 1. The molecule has 0 bridgehead atoms. The number of aryl methyl sites for hydroxylation is 1. The van der Waals surface area contributed by atoms with Gasteiger partial charge in [-0.2, -0.15) is 0 Å². The Morgan fingerprint density at radius 1 is 0.932 bits per heavy atom. The summed E-state index contributed by atoms with van der Waals surface area (Å²) >= 11 is 0. The highest BCUT2D eigenvalue weighted by molar-refractivity contribution is 7.89. The van der Waals surface area contributed by atoms with E-state index in [2.05, 4.69) is 10.0 Å². The van der Waals surface area contributed by atoms with Crippen LogP contribution in [0.1, 0.15) is 56.2 Å². The van der Waals surface area contributed by atoms with E-state index < -0.39 is 16.1 Å². The van der Waals surface area contributed by atoms with Crippen molar-refractivity contribution in [1.82, 2.24) is 14.9 Å². The van der Waals surface area contributed by atoms with Crippen molar-refractivity contribution in [1.29, 1.82) is 0 Å². The summed E-state index contributed by atoms with van der Waals surface area (Å²) in [6.07, 6.45) is 3.21. The van der Waals surface area contributed by atoms with E-state index in [9.17, 15) is 22.4 Å². The van der Waals surface area contributed by atoms with Crippen LogP contribution in [0.2, 0.25) is 0 Å². The Balaban J connectivity index is 1.51. The highest BCUT2D eigenvalue weighted by Gasteiger charge is 2.30. The molecule has 0 radical (unpaired) electrons. The van der Waals surface area contributed by atoms with Crippen LogP contribution >= 0.6 is 0 Å². The van der Waals surface area contributed by atoms with Gasteiger partial charge in [0.05, 0.1) is 11.0 Å². The normalized spacial score (nSPS) is 13.9. The van der Waals surface area contributed by atoms with Gasteiger partial charge in [-0.25, -0.2) is 17.5 Å². The number of ether oxygens (including phenoxy) is 1. The second kappa shape index (κ2) is 15.9. The molecule has 2 amide bonds. The first kappa shape index (κ1) is 33.3. The average molecular weight is 624 g/mol. The molecule has 1 aliphatic carbocycles. The number of hydrogen-bond donors (Lipinski definition) is 2. The highest BCUT2D eigenvalue weighted by Crippen LogP contribution is 2.23. The second-order valence-electron chi connectivity index (χ2n) is 11.5. The topological polar surface area (TPSA) is 105 Å². The van der Waals surface area contributed by atoms with E-state index >= 15 is 0 Å². The van der Waals surface area contributed by atoms with Gasteiger partial charge in [-0.15, -0.1) is 0 Å². The van der Waals surface area contributed by atoms with Crippen molar-refractivity contribution in [2.45, 2.75) is 82.0 Å². The molecule has 3 aromatic rings. The van der Waals surface area contributed by atoms with Gasteiger partial charge >= 0.3 is 0 Å². The fourth-order valence-corrected chi connectivity index (χ4v) is 6.08. The van der Waals surface area contributed by atoms with Gasteiger partial charge in [-0.1, -0.05) is 54.6 Å². The molecule has 0 spiro atoms. The third kappa shape index (κ3) is 10.5. The largest absolute Gasteiger partial charge is 0.379 e. The quantitative estimate of drug-likeness (QED) is 0.211. The number of rotatable bonds is 17. The van der Waals surface area contributed by atoms with Crippen molar-refractivity contribution in [3.05, 3.63) is 101 Å². The van der Waals surface area contributed by atoms with Crippen LogP contribution in [-0.2, 0) is 43.7 Å². The fourth-order valence-electron chi connectivity index (χ4n) is 4.78. The number of amides is 2. The molecule has 1 aliphatic rings. The van der Waals surface area contributed by atoms with Crippen molar-refractivity contribution in [3.63, 3.8) is 0 Å². The molecule has 44 heavy (non-hydrogen) atoms. The minimum absolute atomic E-state index is 0.0128. The van der Waals surface area contributed by atoms with Gasteiger partial charge in [0.25, 0.3) is 0 Å². The summed E-state index contributed by atoms with van der Waals surface area (Å²) in [7, 11) is -3.57. The lowest BCUT2D eigenvalue weighted by molar-refractivity contribution is -0.141. The van der Waals surface area contributed by atoms with Crippen LogP contribution in [0.25, 0.3) is 0 Å². The lowest BCUT2D eigenvalue weighted by atomic mass is 10.0. The Kier molecular flexibility index (Phi) is 12.1. The lowest BCUT2D eigenvalue weighted by Crippen LogP contribution is -2.50. The molecule has 10 heteroatoms. The molecule has 236 valence electrons. The molecule has 1 atom stereocenters. The zero-order valence-corrected chi connectivity index (χ0v) is 26.2. The van der Waals surface area contributed by atoms with E-state index in [0.29, 0.717) is 38.0 Å². The summed E-state index contributed by atoms with van der Waals surface area (Å²) < 4.78 is 47.0. The zero-order valence-electron chi connectivity index (χ0n) is 25.4. The van der Waals surface area contributed by atoms with E-state index in [4.69, 9.17) is 4.74 Å². The SMILES string of the molecule is CC(C)OCCCNC(=O)[C@H](Cc1ccccc1)N(Cc1ccc(F)cc1)C(=O)CCc1ccc(S(=O)(=O)NC2CC2)cc1. The number of sulfonamides is 1. The van der Waals surface area contributed by atoms with Gasteiger partial charge < -0.3 is 15.0 Å². The standard InChI is InChI=1S/C34H42FN3O5S/c1-25(2)43-22-6-21-36-34(40)32(23-27-7-4-3-5-8-27)38(24-28-9-14-29(35)15-10-28)33(39)20-13-26-11-18-31(19-12-26)44(41,42)37-30-16-17-30/h3-5,7-12,14-15,18-19,25,30,32,37H,6,13,16-17,20-24H2,1-2H3,(H,36,40)/t32-/m0/s1. The second-order valence-corrected chi connectivity index (χ2v) is 13.2. The van der Waals surface area contributed by atoms with E-state index in [1.165, 1.54) is 12.1 Å². The minimum Gasteiger partial charge on any atom is -0.379 e. The van der Waals surface area contributed by atoms with Crippen molar-refractivity contribution >= 4 is 21.8 Å². The van der Waals surface area contributed by atoms with E-state index in [1.807, 2.05) is 44.2 Å². The monoisotopic (exact) mass is 623 g/mol. The number of benzene rings is 3. The van der Waals surface area contributed by atoms with Gasteiger partial charge in [0.2, 0.25) is 21.8 Å². The van der Waals surface area contributed by atoms with Crippen LogP contribution in [-0.4, -0.2) is 56.5 Å². The number of hydrogen-bond acceptors (Lipinski definition) is 5. The summed E-state index contributed by atoms with van der Waals surface area (Å²) in [5.74, 6) is -0.890. The maximum absolute atomic E-state index is 13.9. The fraction of sp³-hybridized carbons (Fsp3) is 0.412. The molecule has 1 saturated carbocycles. The summed E-state index contributed by atoms with van der Waals surface area (Å²) in [6.45, 7) is 4.95. The number of nitrogens with one attached hydrogen (secondary N) is 2. The third-order valence-corrected chi connectivity index (χ3v) is 8.91. The Bertz CT molecular complexity index is 1460. The molecule has 0 heterocycles. The van der Waals surface area contributed by atoms with Gasteiger partial charge in [0, 0.05) is 38.6 Å². The Hall–Kier alpha value is -3.60. The summed E-state index contributed by atoms with van der Waals surface area (Å²) in [5, 5.41) is 2.98. The number of carbonyl (C=O) groups excluding carboxylic acids is 2. The van der Waals surface area contributed by atoms with Crippen LogP contribution in [0.4, 0.5) is 4.39 Å². The highest BCUT2D eigenvalue weighted by atomic mass is 32.2. The van der Waals surface area contributed by atoms with Crippen molar-refractivity contribution in [3.8, 4) is 0 Å². The molecule has 8 nitrogen and oxygen atoms in total. The van der Waals surface area contributed by atoms with Crippen LogP contribution in [0, 0.1) is 5.82 Å². The lowest BCUT2D eigenvalue weighted by Gasteiger charge is -2.32. The minimum atomic E-state index is -3.57. The maximum atomic E-state index is 13.9. The van der Waals surface area contributed by atoms with Crippen LogP contribution in [0.15, 0.2) is 83.8 Å². The van der Waals surface area contributed by atoms with Gasteiger partial charge in [0.15, 0.2) is 0 Å². The summed E-state index contributed by atoms with van der Waals surface area (Å²) in [5.41, 5.74) is 2.41. The van der Waals surface area contributed by atoms with E-state index in [0.717, 1.165) is 24.0 Å². The van der Waals surface area contributed by atoms with E-state index in [1.54, 1.807) is 41.3 Å². The predicted molar refractivity (Wildman–Crippen MR) is 168 cm³/mol. The molecule has 1 fully saturated rings. The summed E-state index contributed by atoms with van der Waals surface area (Å²) in [6, 6.07) is 21.2. The Morgan fingerprint density at radius 2 is 1.59 bits per heavy atom. The Morgan fingerprint density at radius 3 is 2.23 bits per heavy atom. The van der Waals surface area contributed by atoms with Gasteiger partial charge in [0.1, 0.15) is 11.9 Å². The first-order valence-corrected chi connectivity index (χ1v) is 16.7.